The number of alkyl halides is 2. The molecule has 148 valence electrons. The minimum atomic E-state index is -2.97. The molecule has 2 aromatic rings. The number of hydrogen-bond donors (Lipinski definition) is 0. The Morgan fingerprint density at radius 3 is 2.52 bits per heavy atom. The normalized spacial score (nSPS) is 25.7. The molecular formula is C24H21BrF2N2. The smallest absolute Gasteiger partial charge is 0.298 e. The fourth-order valence-corrected chi connectivity index (χ4v) is 5.76. The maximum Gasteiger partial charge on any atom is 0.299 e. The molecule has 6 rings (SSSR count). The molecule has 0 aromatic heterocycles. The van der Waals surface area contributed by atoms with E-state index in [2.05, 4.69) is 27.9 Å². The lowest BCUT2D eigenvalue weighted by Gasteiger charge is -2.20. The second-order valence-electron chi connectivity index (χ2n) is 9.11. The molecule has 5 heteroatoms. The van der Waals surface area contributed by atoms with Crippen LogP contribution in [0.25, 0.3) is 16.7 Å². The summed E-state index contributed by atoms with van der Waals surface area (Å²) in [7, 11) is 2.18. The third-order valence-corrected chi connectivity index (χ3v) is 7.67. The number of hydrogen-bond acceptors (Lipinski definition) is 2. The summed E-state index contributed by atoms with van der Waals surface area (Å²) < 4.78 is 31.0. The van der Waals surface area contributed by atoms with E-state index in [0.29, 0.717) is 27.1 Å². The van der Waals surface area contributed by atoms with Crippen LogP contribution in [0, 0.1) is 5.41 Å². The van der Waals surface area contributed by atoms with Gasteiger partial charge in [0.15, 0.2) is 0 Å². The summed E-state index contributed by atoms with van der Waals surface area (Å²) in [4.78, 5) is 7.14. The van der Waals surface area contributed by atoms with Crippen LogP contribution in [0.2, 0.25) is 0 Å². The zero-order chi connectivity index (χ0) is 20.0. The molecule has 2 aliphatic carbocycles. The van der Waals surface area contributed by atoms with Crippen molar-refractivity contribution in [3.8, 4) is 11.1 Å². The van der Waals surface area contributed by atoms with Crippen LogP contribution in [-0.2, 0) is 5.92 Å². The summed E-state index contributed by atoms with van der Waals surface area (Å²) in [5.41, 5.74) is 5.06. The van der Waals surface area contributed by atoms with Crippen molar-refractivity contribution in [2.24, 2.45) is 10.4 Å². The molecule has 2 aliphatic heterocycles. The van der Waals surface area contributed by atoms with E-state index in [1.54, 1.807) is 12.1 Å². The van der Waals surface area contributed by atoms with Crippen molar-refractivity contribution in [1.82, 2.24) is 4.90 Å². The Balaban J connectivity index is 1.29. The average Bonchev–Trinajstić information content (AvgIpc) is 3.05. The van der Waals surface area contributed by atoms with Crippen LogP contribution in [0.3, 0.4) is 0 Å². The summed E-state index contributed by atoms with van der Waals surface area (Å²) in [5, 5.41) is 0. The highest BCUT2D eigenvalue weighted by Crippen LogP contribution is 2.55. The molecule has 1 spiro atoms. The summed E-state index contributed by atoms with van der Waals surface area (Å²) in [6, 6.07) is 11.0. The highest BCUT2D eigenvalue weighted by atomic mass is 79.9. The van der Waals surface area contributed by atoms with E-state index in [9.17, 15) is 0 Å². The lowest BCUT2D eigenvalue weighted by molar-refractivity contribution is 0.0479. The van der Waals surface area contributed by atoms with E-state index in [1.807, 2.05) is 24.4 Å². The first-order valence-corrected chi connectivity index (χ1v) is 10.9. The van der Waals surface area contributed by atoms with E-state index in [0.717, 1.165) is 24.1 Å². The summed E-state index contributed by atoms with van der Waals surface area (Å²) in [5.74, 6) is -2.97. The molecule has 0 N–H and O–H groups in total. The van der Waals surface area contributed by atoms with Crippen LogP contribution in [0.4, 0.5) is 8.78 Å². The number of halogens is 3. The lowest BCUT2D eigenvalue weighted by atomic mass is 9.93. The maximum absolute atomic E-state index is 15.2. The Bertz CT molecular complexity index is 1110. The third kappa shape index (κ3) is 2.63. The summed E-state index contributed by atoms with van der Waals surface area (Å²) >= 11 is 3.32. The van der Waals surface area contributed by atoms with Crippen molar-refractivity contribution >= 4 is 27.2 Å². The Morgan fingerprint density at radius 1 is 1.07 bits per heavy atom. The lowest BCUT2D eigenvalue weighted by Crippen LogP contribution is -2.32. The molecule has 0 amide bonds. The average molecular weight is 455 g/mol. The van der Waals surface area contributed by atoms with Gasteiger partial charge in [0.2, 0.25) is 0 Å². The predicted octanol–water partition coefficient (Wildman–Crippen LogP) is 6.24. The second-order valence-corrected chi connectivity index (χ2v) is 10.0. The number of aliphatic imine (C=N–C) groups is 1. The van der Waals surface area contributed by atoms with Crippen molar-refractivity contribution in [1.29, 1.82) is 0 Å². The van der Waals surface area contributed by atoms with Crippen LogP contribution in [0.1, 0.15) is 42.4 Å². The molecule has 2 aromatic carbocycles. The van der Waals surface area contributed by atoms with Gasteiger partial charge in [-0.2, -0.15) is 8.78 Å². The van der Waals surface area contributed by atoms with E-state index in [4.69, 9.17) is 4.99 Å². The molecule has 1 unspecified atom stereocenters. The van der Waals surface area contributed by atoms with E-state index < -0.39 is 5.92 Å². The minimum absolute atomic E-state index is 0.0821. The summed E-state index contributed by atoms with van der Waals surface area (Å²) in [6.45, 7) is 1.16. The zero-order valence-electron chi connectivity index (χ0n) is 16.2. The van der Waals surface area contributed by atoms with E-state index in [1.165, 1.54) is 31.0 Å². The monoisotopic (exact) mass is 454 g/mol. The minimum Gasteiger partial charge on any atom is -0.298 e. The van der Waals surface area contributed by atoms with Crippen molar-refractivity contribution in [3.05, 3.63) is 63.8 Å². The van der Waals surface area contributed by atoms with Gasteiger partial charge in [0.25, 0.3) is 5.92 Å². The van der Waals surface area contributed by atoms with Crippen LogP contribution in [0.15, 0.2) is 52.1 Å². The van der Waals surface area contributed by atoms with Gasteiger partial charge in [-0.1, -0.05) is 34.1 Å². The molecule has 4 aliphatic rings. The standard InChI is InChI=1S/C24H21BrF2N2/c1-29-13-23(6-7-23)11-22(29)21-9-15(12-28-21)14-2-4-17-18-5-3-16(25)10-20(18)24(26,27)19(17)8-14/h2-5,8,10,12,22H,6-7,9,11,13H2,1H3. The highest BCUT2D eigenvalue weighted by molar-refractivity contribution is 9.10. The summed E-state index contributed by atoms with van der Waals surface area (Å²) in [6.07, 6.45) is 6.50. The van der Waals surface area contributed by atoms with E-state index >= 15 is 8.78 Å². The predicted molar refractivity (Wildman–Crippen MR) is 115 cm³/mol. The quantitative estimate of drug-likeness (QED) is 0.524. The molecular weight excluding hydrogens is 434 g/mol. The molecule has 29 heavy (non-hydrogen) atoms. The fraction of sp³-hybridized carbons (Fsp3) is 0.375. The van der Waals surface area contributed by atoms with Crippen molar-refractivity contribution in [2.75, 3.05) is 13.6 Å². The van der Waals surface area contributed by atoms with Gasteiger partial charge in [0, 0.05) is 46.5 Å². The van der Waals surface area contributed by atoms with E-state index in [-0.39, 0.29) is 11.1 Å². The van der Waals surface area contributed by atoms with Gasteiger partial charge in [0.05, 0.1) is 0 Å². The van der Waals surface area contributed by atoms with Crippen molar-refractivity contribution in [3.63, 3.8) is 0 Å². The highest BCUT2D eigenvalue weighted by Gasteiger charge is 2.52. The Labute approximate surface area is 177 Å². The first kappa shape index (κ1) is 18.0. The van der Waals surface area contributed by atoms with Gasteiger partial charge in [-0.3, -0.25) is 9.89 Å². The largest absolute Gasteiger partial charge is 0.299 e. The molecule has 0 bridgehead atoms. The topological polar surface area (TPSA) is 15.6 Å². The molecule has 1 saturated carbocycles. The fourth-order valence-electron chi connectivity index (χ4n) is 5.40. The Kier molecular flexibility index (Phi) is 3.63. The van der Waals surface area contributed by atoms with Gasteiger partial charge in [-0.05, 0) is 72.2 Å². The van der Waals surface area contributed by atoms with Crippen LogP contribution in [-0.4, -0.2) is 30.2 Å². The van der Waals surface area contributed by atoms with Crippen molar-refractivity contribution in [2.45, 2.75) is 37.6 Å². The SMILES string of the molecule is CN1CC2(CC2)CC1C1=NC=C(c2ccc3c(c2)C(F)(F)c2cc(Br)ccc2-3)C1. The number of likely N-dealkylation sites (tertiary alicyclic amines) is 1. The second kappa shape index (κ2) is 5.86. The molecule has 1 saturated heterocycles. The third-order valence-electron chi connectivity index (χ3n) is 7.18. The van der Waals surface area contributed by atoms with Gasteiger partial charge in [0.1, 0.15) is 0 Å². The maximum atomic E-state index is 15.2. The van der Waals surface area contributed by atoms with Gasteiger partial charge in [-0.25, -0.2) is 0 Å². The first-order valence-electron chi connectivity index (χ1n) is 10.2. The molecule has 0 radical (unpaired) electrons. The van der Waals surface area contributed by atoms with Gasteiger partial charge < -0.3 is 0 Å². The molecule has 2 fully saturated rings. The van der Waals surface area contributed by atoms with Gasteiger partial charge in [-0.15, -0.1) is 0 Å². The van der Waals surface area contributed by atoms with Crippen LogP contribution < -0.4 is 0 Å². The molecule has 2 heterocycles. The number of allylic oxidation sites excluding steroid dienone is 1. The Morgan fingerprint density at radius 2 is 1.79 bits per heavy atom. The molecule has 2 nitrogen and oxygen atoms in total. The van der Waals surface area contributed by atoms with Gasteiger partial charge >= 0.3 is 0 Å². The van der Waals surface area contributed by atoms with Crippen LogP contribution >= 0.6 is 15.9 Å². The number of rotatable bonds is 2. The Hall–Kier alpha value is -1.85. The first-order chi connectivity index (χ1) is 13.9. The van der Waals surface area contributed by atoms with Crippen molar-refractivity contribution < 1.29 is 8.78 Å². The zero-order valence-corrected chi connectivity index (χ0v) is 17.8. The van der Waals surface area contributed by atoms with Crippen LogP contribution in [0.5, 0.6) is 0 Å². The molecule has 1 atom stereocenters. The number of nitrogens with zero attached hydrogens (tertiary/aromatic N) is 2. The number of fused-ring (bicyclic) bond motifs is 3. The number of benzene rings is 2.